The van der Waals surface area contributed by atoms with Crippen LogP contribution in [0.15, 0.2) is 22.7 Å². The van der Waals surface area contributed by atoms with Gasteiger partial charge in [0, 0.05) is 29.8 Å². The summed E-state index contributed by atoms with van der Waals surface area (Å²) in [6.07, 6.45) is 0.861. The quantitative estimate of drug-likeness (QED) is 0.724. The molecule has 0 saturated heterocycles. The Balaban J connectivity index is 3.20. The molecule has 0 aliphatic carbocycles. The van der Waals surface area contributed by atoms with E-state index in [9.17, 15) is 4.79 Å². The van der Waals surface area contributed by atoms with Crippen molar-refractivity contribution in [1.82, 2.24) is 0 Å². The number of halogens is 1. The second-order valence-corrected chi connectivity index (χ2v) is 3.63. The maximum Gasteiger partial charge on any atom is 0.152 e. The molecule has 0 bridgehead atoms. The minimum absolute atomic E-state index is 0.703. The van der Waals surface area contributed by atoms with Gasteiger partial charge in [-0.1, -0.05) is 15.9 Å². The first-order valence-corrected chi connectivity index (χ1v) is 4.36. The van der Waals surface area contributed by atoms with E-state index < -0.39 is 0 Å². The van der Waals surface area contributed by atoms with Crippen LogP contribution < -0.4 is 4.90 Å². The van der Waals surface area contributed by atoms with Gasteiger partial charge in [0.1, 0.15) is 0 Å². The van der Waals surface area contributed by atoms with Gasteiger partial charge >= 0.3 is 0 Å². The van der Waals surface area contributed by atoms with Crippen LogP contribution in [-0.2, 0) is 0 Å². The van der Waals surface area contributed by atoms with E-state index in [1.165, 1.54) is 0 Å². The predicted molar refractivity (Wildman–Crippen MR) is 53.9 cm³/mol. The van der Waals surface area contributed by atoms with Gasteiger partial charge in [0.05, 0.1) is 0 Å². The molecule has 0 N–H and O–H groups in total. The standard InChI is InChI=1S/C9H10BrNO/c1-11(2)9-4-3-8(10)5-7(9)6-12/h3-6H,1-2H3. The third-order valence-corrected chi connectivity index (χ3v) is 2.09. The Morgan fingerprint density at radius 1 is 1.42 bits per heavy atom. The lowest BCUT2D eigenvalue weighted by molar-refractivity contribution is 0.112. The van der Waals surface area contributed by atoms with Crippen molar-refractivity contribution >= 4 is 27.9 Å². The van der Waals surface area contributed by atoms with Crippen LogP contribution in [-0.4, -0.2) is 20.4 Å². The Morgan fingerprint density at radius 2 is 2.08 bits per heavy atom. The number of aldehydes is 1. The third kappa shape index (κ3) is 1.85. The van der Waals surface area contributed by atoms with Gasteiger partial charge in [-0.3, -0.25) is 4.79 Å². The number of hydrogen-bond donors (Lipinski definition) is 0. The highest BCUT2D eigenvalue weighted by atomic mass is 79.9. The van der Waals surface area contributed by atoms with Gasteiger partial charge in [-0.25, -0.2) is 0 Å². The summed E-state index contributed by atoms with van der Waals surface area (Å²) in [4.78, 5) is 12.5. The molecule has 0 fully saturated rings. The van der Waals surface area contributed by atoms with Gasteiger partial charge in [-0.05, 0) is 18.2 Å². The first-order valence-electron chi connectivity index (χ1n) is 3.57. The first-order chi connectivity index (χ1) is 5.65. The van der Waals surface area contributed by atoms with Crippen molar-refractivity contribution in [3.63, 3.8) is 0 Å². The van der Waals surface area contributed by atoms with Crippen molar-refractivity contribution in [3.8, 4) is 0 Å². The summed E-state index contributed by atoms with van der Waals surface area (Å²) >= 11 is 3.31. The third-order valence-electron chi connectivity index (χ3n) is 1.60. The molecule has 64 valence electrons. The molecule has 12 heavy (non-hydrogen) atoms. The van der Waals surface area contributed by atoms with Gasteiger partial charge in [-0.15, -0.1) is 0 Å². The van der Waals surface area contributed by atoms with Crippen molar-refractivity contribution in [3.05, 3.63) is 28.2 Å². The number of benzene rings is 1. The maximum atomic E-state index is 10.6. The van der Waals surface area contributed by atoms with Crippen LogP contribution in [0.4, 0.5) is 5.69 Å². The van der Waals surface area contributed by atoms with Crippen LogP contribution in [0.3, 0.4) is 0 Å². The van der Waals surface area contributed by atoms with Crippen molar-refractivity contribution < 1.29 is 4.79 Å². The van der Waals surface area contributed by atoms with Gasteiger partial charge in [0.15, 0.2) is 6.29 Å². The van der Waals surface area contributed by atoms with Crippen LogP contribution >= 0.6 is 15.9 Å². The fraction of sp³-hybridized carbons (Fsp3) is 0.222. The largest absolute Gasteiger partial charge is 0.377 e. The van der Waals surface area contributed by atoms with Gasteiger partial charge in [-0.2, -0.15) is 0 Å². The number of hydrogen-bond acceptors (Lipinski definition) is 2. The van der Waals surface area contributed by atoms with Crippen molar-refractivity contribution in [2.24, 2.45) is 0 Å². The molecule has 0 aromatic heterocycles. The highest BCUT2D eigenvalue weighted by Gasteiger charge is 2.02. The molecular formula is C9H10BrNO. The van der Waals surface area contributed by atoms with Crippen LogP contribution in [0.25, 0.3) is 0 Å². The smallest absolute Gasteiger partial charge is 0.152 e. The lowest BCUT2D eigenvalue weighted by Crippen LogP contribution is -2.10. The van der Waals surface area contributed by atoms with Crippen molar-refractivity contribution in [2.45, 2.75) is 0 Å². The number of rotatable bonds is 2. The molecule has 0 radical (unpaired) electrons. The van der Waals surface area contributed by atoms with Crippen molar-refractivity contribution in [2.75, 3.05) is 19.0 Å². The molecule has 0 aliphatic heterocycles. The number of anilines is 1. The molecule has 1 aromatic carbocycles. The zero-order chi connectivity index (χ0) is 9.14. The lowest BCUT2D eigenvalue weighted by atomic mass is 10.2. The van der Waals surface area contributed by atoms with Crippen LogP contribution in [0.1, 0.15) is 10.4 Å². The van der Waals surface area contributed by atoms with E-state index >= 15 is 0 Å². The zero-order valence-corrected chi connectivity index (χ0v) is 8.63. The maximum absolute atomic E-state index is 10.6. The SMILES string of the molecule is CN(C)c1ccc(Br)cc1C=O. The van der Waals surface area contributed by atoms with Gasteiger partial charge in [0.2, 0.25) is 0 Å². The summed E-state index contributed by atoms with van der Waals surface area (Å²) in [7, 11) is 3.83. The Hall–Kier alpha value is -0.830. The molecular weight excluding hydrogens is 218 g/mol. The molecule has 0 aliphatic rings. The molecule has 0 saturated carbocycles. The average molecular weight is 228 g/mol. The molecule has 3 heteroatoms. The van der Waals surface area contributed by atoms with Gasteiger partial charge < -0.3 is 4.90 Å². The van der Waals surface area contributed by atoms with Gasteiger partial charge in [0.25, 0.3) is 0 Å². The molecule has 0 atom stereocenters. The van der Waals surface area contributed by atoms with E-state index in [0.717, 1.165) is 16.4 Å². The second-order valence-electron chi connectivity index (χ2n) is 2.72. The molecule has 0 unspecified atom stereocenters. The molecule has 0 spiro atoms. The summed E-state index contributed by atoms with van der Waals surface area (Å²) in [5.41, 5.74) is 1.64. The number of carbonyl (C=O) groups is 1. The Morgan fingerprint density at radius 3 is 2.58 bits per heavy atom. The normalized spacial score (nSPS) is 9.58. The number of nitrogens with zero attached hydrogens (tertiary/aromatic N) is 1. The number of carbonyl (C=O) groups excluding carboxylic acids is 1. The minimum atomic E-state index is 0.703. The van der Waals surface area contributed by atoms with Crippen LogP contribution in [0, 0.1) is 0 Å². The van der Waals surface area contributed by atoms with E-state index in [1.807, 2.05) is 37.2 Å². The van der Waals surface area contributed by atoms with E-state index in [4.69, 9.17) is 0 Å². The summed E-state index contributed by atoms with van der Waals surface area (Å²) in [6.45, 7) is 0. The van der Waals surface area contributed by atoms with Crippen molar-refractivity contribution in [1.29, 1.82) is 0 Å². The summed E-state index contributed by atoms with van der Waals surface area (Å²) < 4.78 is 0.926. The topological polar surface area (TPSA) is 20.3 Å². The Kier molecular flexibility index (Phi) is 2.87. The Labute approximate surface area is 80.3 Å². The lowest BCUT2D eigenvalue weighted by Gasteiger charge is -2.14. The fourth-order valence-electron chi connectivity index (χ4n) is 1.03. The van der Waals surface area contributed by atoms with Crippen LogP contribution in [0.2, 0.25) is 0 Å². The minimum Gasteiger partial charge on any atom is -0.377 e. The fourth-order valence-corrected chi connectivity index (χ4v) is 1.41. The van der Waals surface area contributed by atoms with E-state index in [-0.39, 0.29) is 0 Å². The Bertz CT molecular complexity index is 297. The highest BCUT2D eigenvalue weighted by molar-refractivity contribution is 9.10. The highest BCUT2D eigenvalue weighted by Crippen LogP contribution is 2.21. The van der Waals surface area contributed by atoms with E-state index in [1.54, 1.807) is 0 Å². The summed E-state index contributed by atoms with van der Waals surface area (Å²) in [6, 6.07) is 5.64. The van der Waals surface area contributed by atoms with E-state index in [2.05, 4.69) is 15.9 Å². The molecule has 1 rings (SSSR count). The molecule has 0 heterocycles. The summed E-state index contributed by atoms with van der Waals surface area (Å²) in [5.74, 6) is 0. The summed E-state index contributed by atoms with van der Waals surface area (Å²) in [5, 5.41) is 0. The zero-order valence-electron chi connectivity index (χ0n) is 7.04. The van der Waals surface area contributed by atoms with Crippen LogP contribution in [0.5, 0.6) is 0 Å². The van der Waals surface area contributed by atoms with E-state index in [0.29, 0.717) is 5.56 Å². The molecule has 0 amide bonds. The molecule has 2 nitrogen and oxygen atoms in total. The monoisotopic (exact) mass is 227 g/mol. The first kappa shape index (κ1) is 9.26. The predicted octanol–water partition coefficient (Wildman–Crippen LogP) is 2.33. The average Bonchev–Trinajstić information content (AvgIpc) is 2.03. The molecule has 1 aromatic rings. The second kappa shape index (κ2) is 3.72.